The molecule has 0 saturated carbocycles. The third-order valence-corrected chi connectivity index (χ3v) is 5.28. The van der Waals surface area contributed by atoms with Gasteiger partial charge in [-0.25, -0.2) is 4.39 Å². The fourth-order valence-electron chi connectivity index (χ4n) is 2.83. The number of amides is 1. The highest BCUT2D eigenvalue weighted by Gasteiger charge is 2.35. The van der Waals surface area contributed by atoms with Crippen molar-refractivity contribution in [2.24, 2.45) is 0 Å². The fourth-order valence-corrected chi connectivity index (χ4v) is 3.82. The van der Waals surface area contributed by atoms with Crippen molar-refractivity contribution < 1.29 is 13.9 Å². The molecule has 3 nitrogen and oxygen atoms in total. The maximum Gasteiger partial charge on any atom is 0.251 e. The molecule has 2 aromatic rings. The summed E-state index contributed by atoms with van der Waals surface area (Å²) in [6, 6.07) is 9.92. The van der Waals surface area contributed by atoms with E-state index < -0.39 is 5.82 Å². The van der Waals surface area contributed by atoms with Crippen molar-refractivity contribution in [1.29, 1.82) is 0 Å². The van der Waals surface area contributed by atoms with Gasteiger partial charge in [0.25, 0.3) is 5.91 Å². The molecule has 1 amide bonds. The van der Waals surface area contributed by atoms with Gasteiger partial charge in [-0.1, -0.05) is 12.1 Å². The summed E-state index contributed by atoms with van der Waals surface area (Å²) in [6.45, 7) is 1.95. The molecule has 2 heterocycles. The van der Waals surface area contributed by atoms with Crippen LogP contribution >= 0.6 is 11.3 Å². The lowest BCUT2D eigenvalue weighted by Gasteiger charge is -2.36. The number of carbonyl (C=O) groups excluding carboxylic acids is 1. The molecular formula is C17H18FNO2S. The van der Waals surface area contributed by atoms with Crippen LogP contribution in [-0.4, -0.2) is 25.7 Å². The highest BCUT2D eigenvalue weighted by Crippen LogP contribution is 2.37. The van der Waals surface area contributed by atoms with Gasteiger partial charge in [0.05, 0.1) is 0 Å². The highest BCUT2D eigenvalue weighted by atomic mass is 32.1. The van der Waals surface area contributed by atoms with Crippen molar-refractivity contribution in [3.05, 3.63) is 58.0 Å². The van der Waals surface area contributed by atoms with E-state index in [2.05, 4.69) is 16.8 Å². The zero-order valence-electron chi connectivity index (χ0n) is 12.2. The molecule has 1 fully saturated rings. The van der Waals surface area contributed by atoms with Gasteiger partial charge < -0.3 is 10.1 Å². The number of thiophene rings is 1. The minimum Gasteiger partial charge on any atom is -0.381 e. The SMILES string of the molecule is O=C(NCC1(c2cccs2)CCOCC1)c1cccc(F)c1. The predicted octanol–water partition coefficient (Wildman–Crippen LogP) is 3.37. The molecule has 5 heteroatoms. The van der Waals surface area contributed by atoms with E-state index in [1.165, 1.54) is 17.0 Å². The Hall–Kier alpha value is -1.72. The van der Waals surface area contributed by atoms with Crippen molar-refractivity contribution in [3.63, 3.8) is 0 Å². The zero-order valence-corrected chi connectivity index (χ0v) is 13.0. The topological polar surface area (TPSA) is 38.3 Å². The van der Waals surface area contributed by atoms with Crippen LogP contribution in [0.25, 0.3) is 0 Å². The van der Waals surface area contributed by atoms with E-state index in [1.54, 1.807) is 23.5 Å². The predicted molar refractivity (Wildman–Crippen MR) is 84.8 cm³/mol. The van der Waals surface area contributed by atoms with Crippen LogP contribution in [0, 0.1) is 5.82 Å². The molecule has 0 spiro atoms. The zero-order chi connectivity index (χ0) is 15.4. The molecule has 116 valence electrons. The lowest BCUT2D eigenvalue weighted by molar-refractivity contribution is 0.0499. The van der Waals surface area contributed by atoms with E-state index in [4.69, 9.17) is 4.74 Å². The molecule has 0 atom stereocenters. The van der Waals surface area contributed by atoms with Crippen LogP contribution in [0.3, 0.4) is 0 Å². The second-order valence-corrected chi connectivity index (χ2v) is 6.51. The summed E-state index contributed by atoms with van der Waals surface area (Å²) in [4.78, 5) is 13.5. The Morgan fingerprint density at radius 2 is 2.09 bits per heavy atom. The normalized spacial score (nSPS) is 17.1. The van der Waals surface area contributed by atoms with Gasteiger partial charge in [0.15, 0.2) is 0 Å². The lowest BCUT2D eigenvalue weighted by atomic mass is 9.78. The maximum atomic E-state index is 13.2. The number of ether oxygens (including phenoxy) is 1. The quantitative estimate of drug-likeness (QED) is 0.938. The van der Waals surface area contributed by atoms with Crippen molar-refractivity contribution in [3.8, 4) is 0 Å². The van der Waals surface area contributed by atoms with Crippen molar-refractivity contribution in [2.75, 3.05) is 19.8 Å². The second-order valence-electron chi connectivity index (χ2n) is 5.56. The van der Waals surface area contributed by atoms with Crippen LogP contribution in [0.1, 0.15) is 28.1 Å². The summed E-state index contributed by atoms with van der Waals surface area (Å²) >= 11 is 1.71. The van der Waals surface area contributed by atoms with Gasteiger partial charge in [0, 0.05) is 35.6 Å². The van der Waals surface area contributed by atoms with Gasteiger partial charge in [0.2, 0.25) is 0 Å². The largest absolute Gasteiger partial charge is 0.381 e. The number of halogens is 1. The standard InChI is InChI=1S/C17H18FNO2S/c18-14-4-1-3-13(11-14)16(20)19-12-17(6-8-21-9-7-17)15-5-2-10-22-15/h1-5,10-11H,6-9,12H2,(H,19,20). The van der Waals surface area contributed by atoms with Gasteiger partial charge in [-0.3, -0.25) is 4.79 Å². The third kappa shape index (κ3) is 3.20. The second kappa shape index (κ2) is 6.58. The van der Waals surface area contributed by atoms with Crippen LogP contribution in [0.2, 0.25) is 0 Å². The number of carbonyl (C=O) groups is 1. The van der Waals surface area contributed by atoms with Crippen molar-refractivity contribution in [2.45, 2.75) is 18.3 Å². The summed E-state index contributed by atoms with van der Waals surface area (Å²) in [5, 5.41) is 5.03. The number of rotatable bonds is 4. The van der Waals surface area contributed by atoms with Crippen LogP contribution in [0.15, 0.2) is 41.8 Å². The number of nitrogens with one attached hydrogen (secondary N) is 1. The van der Waals surface area contributed by atoms with E-state index in [0.717, 1.165) is 12.8 Å². The minimum atomic E-state index is -0.397. The molecule has 1 aromatic carbocycles. The van der Waals surface area contributed by atoms with Gasteiger partial charge in [-0.05, 0) is 42.5 Å². The van der Waals surface area contributed by atoms with E-state index in [9.17, 15) is 9.18 Å². The Bertz CT molecular complexity index is 636. The molecule has 3 rings (SSSR count). The highest BCUT2D eigenvalue weighted by molar-refractivity contribution is 7.10. The summed E-state index contributed by atoms with van der Waals surface area (Å²) < 4.78 is 18.7. The average Bonchev–Trinajstić information content (AvgIpc) is 3.09. The monoisotopic (exact) mass is 319 g/mol. The van der Waals surface area contributed by atoms with Crippen LogP contribution < -0.4 is 5.32 Å². The third-order valence-electron chi connectivity index (χ3n) is 4.17. The Labute approximate surface area is 133 Å². The number of hydrogen-bond donors (Lipinski definition) is 1. The molecule has 0 radical (unpaired) electrons. The summed E-state index contributed by atoms with van der Waals surface area (Å²) in [5.74, 6) is -0.631. The van der Waals surface area contributed by atoms with Crippen molar-refractivity contribution >= 4 is 17.2 Å². The van der Waals surface area contributed by atoms with Crippen LogP contribution in [0.5, 0.6) is 0 Å². The number of benzene rings is 1. The molecule has 0 aliphatic carbocycles. The van der Waals surface area contributed by atoms with Gasteiger partial charge in [0.1, 0.15) is 5.82 Å². The fraction of sp³-hybridized carbons (Fsp3) is 0.353. The molecule has 1 aromatic heterocycles. The molecule has 1 N–H and O–H groups in total. The first-order chi connectivity index (χ1) is 10.7. The van der Waals surface area contributed by atoms with Crippen LogP contribution in [-0.2, 0) is 10.2 Å². The first-order valence-electron chi connectivity index (χ1n) is 7.35. The number of hydrogen-bond acceptors (Lipinski definition) is 3. The molecule has 22 heavy (non-hydrogen) atoms. The van der Waals surface area contributed by atoms with Gasteiger partial charge in [-0.2, -0.15) is 0 Å². The van der Waals surface area contributed by atoms with Crippen molar-refractivity contribution in [1.82, 2.24) is 5.32 Å². The maximum absolute atomic E-state index is 13.2. The average molecular weight is 319 g/mol. The van der Waals surface area contributed by atoms with E-state index in [1.807, 2.05) is 6.07 Å². The minimum absolute atomic E-state index is 0.0740. The molecule has 1 saturated heterocycles. The van der Waals surface area contributed by atoms with Crippen LogP contribution in [0.4, 0.5) is 4.39 Å². The first kappa shape index (κ1) is 15.2. The summed E-state index contributed by atoms with van der Waals surface area (Å²) in [5.41, 5.74) is 0.281. The molecule has 1 aliphatic rings. The Morgan fingerprint density at radius 1 is 1.27 bits per heavy atom. The summed E-state index contributed by atoms with van der Waals surface area (Å²) in [6.07, 6.45) is 1.77. The molecule has 0 unspecified atom stereocenters. The molecule has 0 bridgehead atoms. The van der Waals surface area contributed by atoms with E-state index >= 15 is 0 Å². The van der Waals surface area contributed by atoms with Gasteiger partial charge >= 0.3 is 0 Å². The van der Waals surface area contributed by atoms with Gasteiger partial charge in [-0.15, -0.1) is 11.3 Å². The Balaban J connectivity index is 1.73. The van der Waals surface area contributed by atoms with E-state index in [0.29, 0.717) is 25.3 Å². The van der Waals surface area contributed by atoms with E-state index in [-0.39, 0.29) is 11.3 Å². The smallest absolute Gasteiger partial charge is 0.251 e. The summed E-state index contributed by atoms with van der Waals surface area (Å²) in [7, 11) is 0. The lowest BCUT2D eigenvalue weighted by Crippen LogP contribution is -2.44. The molecular weight excluding hydrogens is 301 g/mol. The first-order valence-corrected chi connectivity index (χ1v) is 8.23. The Kier molecular flexibility index (Phi) is 4.55. The Morgan fingerprint density at radius 3 is 2.77 bits per heavy atom. The molecule has 1 aliphatic heterocycles.